The number of hydrogen-bond donors (Lipinski definition) is 3. The number of unbranched alkanes of at least 4 members (excludes halogenated alkanes) is 10. The zero-order valence-electron chi connectivity index (χ0n) is 36.9. The molecule has 0 aliphatic carbocycles. The fraction of sp³-hybridized carbons (Fsp3) is 0.542. The molecule has 3 aromatic carbocycles. The summed E-state index contributed by atoms with van der Waals surface area (Å²) in [7, 11) is 1.72. The summed E-state index contributed by atoms with van der Waals surface area (Å²) in [6.07, 6.45) is 17.7. The molecule has 0 atom stereocenters. The molecular formula is C48H66Cl4N4O3S. The van der Waals surface area contributed by atoms with Gasteiger partial charge in [-0.2, -0.15) is 0 Å². The van der Waals surface area contributed by atoms with Crippen molar-refractivity contribution in [3.05, 3.63) is 84.0 Å². The molecule has 3 N–H and O–H groups in total. The highest BCUT2D eigenvalue weighted by Crippen LogP contribution is 2.47. The molecule has 0 saturated carbocycles. The number of nitrogens with one attached hydrogen (secondary N) is 3. The predicted octanol–water partition coefficient (Wildman–Crippen LogP) is 16.5. The lowest BCUT2D eigenvalue weighted by Crippen LogP contribution is -2.22. The summed E-state index contributed by atoms with van der Waals surface area (Å²) in [4.78, 5) is 29.1. The highest BCUT2D eigenvalue weighted by atomic mass is 35.5. The third-order valence-corrected chi connectivity index (χ3v) is 13.6. The van der Waals surface area contributed by atoms with Crippen LogP contribution in [0.1, 0.15) is 162 Å². The van der Waals surface area contributed by atoms with E-state index in [9.17, 15) is 9.59 Å². The number of aromatic nitrogens is 2. The smallest absolute Gasteiger partial charge is 0.287 e. The van der Waals surface area contributed by atoms with Gasteiger partial charge in [0.05, 0.1) is 27.9 Å². The lowest BCUT2D eigenvalue weighted by Gasteiger charge is -2.32. The van der Waals surface area contributed by atoms with Gasteiger partial charge in [-0.25, -0.2) is 4.68 Å². The number of carbonyl (C=O) groups excluding carboxylic acids is 1. The molecule has 0 aliphatic heterocycles. The van der Waals surface area contributed by atoms with Crippen LogP contribution in [-0.2, 0) is 15.6 Å². The lowest BCUT2D eigenvalue weighted by molar-refractivity contribution is -0.116. The van der Waals surface area contributed by atoms with Crippen LogP contribution in [0, 0.1) is 0 Å². The average molecular weight is 921 g/mol. The highest BCUT2D eigenvalue weighted by molar-refractivity contribution is 7.99. The van der Waals surface area contributed by atoms with Gasteiger partial charge in [0, 0.05) is 27.6 Å². The van der Waals surface area contributed by atoms with Crippen molar-refractivity contribution < 1.29 is 9.53 Å². The molecule has 0 unspecified atom stereocenters. The largest absolute Gasteiger partial charge is 0.496 e. The zero-order valence-corrected chi connectivity index (χ0v) is 40.8. The summed E-state index contributed by atoms with van der Waals surface area (Å²) in [5, 5.41) is 10.9. The number of aromatic amines is 1. The number of rotatable bonds is 25. The molecule has 60 heavy (non-hydrogen) atoms. The van der Waals surface area contributed by atoms with Crippen molar-refractivity contribution in [3.63, 3.8) is 0 Å². The Morgan fingerprint density at radius 1 is 0.733 bits per heavy atom. The maximum absolute atomic E-state index is 14.7. The quantitative estimate of drug-likeness (QED) is 0.0577. The Morgan fingerprint density at radius 3 is 1.87 bits per heavy atom. The van der Waals surface area contributed by atoms with Crippen LogP contribution in [0.5, 0.6) is 5.75 Å². The number of halogens is 4. The van der Waals surface area contributed by atoms with Gasteiger partial charge < -0.3 is 15.4 Å². The first-order valence-electron chi connectivity index (χ1n) is 21.8. The van der Waals surface area contributed by atoms with Crippen LogP contribution in [0.4, 0.5) is 17.2 Å². The Bertz CT molecular complexity index is 2070. The Morgan fingerprint density at radius 2 is 1.30 bits per heavy atom. The number of ether oxygens (including phenoxy) is 1. The molecule has 4 rings (SSSR count). The maximum Gasteiger partial charge on any atom is 0.287 e. The molecule has 1 amide bonds. The Labute approximate surface area is 383 Å². The van der Waals surface area contributed by atoms with E-state index in [0.717, 1.165) is 66.7 Å². The number of benzene rings is 3. The number of H-pyrrole nitrogens is 1. The van der Waals surface area contributed by atoms with E-state index in [0.29, 0.717) is 38.6 Å². The minimum absolute atomic E-state index is 0.0504. The van der Waals surface area contributed by atoms with Crippen LogP contribution >= 0.6 is 58.2 Å². The maximum atomic E-state index is 14.7. The van der Waals surface area contributed by atoms with Crippen molar-refractivity contribution in [3.8, 4) is 11.4 Å². The standard InChI is InChI=1S/C48H66Cl4N4O3S/c1-9-12-13-14-15-16-17-18-19-20-21-22-42(57)53-33-23-24-36(50)39(29-33)54-45-44(46(58)56(55-45)43-37(51)27-32(49)28-38(43)52)60-41-31-34(47(4,5)25-10-2)40(59-8)30-35(41)48(6,7)26-11-3/h23-24,27-31,54-55H,9-22,25-26H2,1-8H3,(H,53,57). The minimum Gasteiger partial charge on any atom is -0.496 e. The van der Waals surface area contributed by atoms with Crippen molar-refractivity contribution in [2.24, 2.45) is 0 Å². The van der Waals surface area contributed by atoms with E-state index < -0.39 is 0 Å². The van der Waals surface area contributed by atoms with Crippen LogP contribution < -0.4 is 20.9 Å². The topological polar surface area (TPSA) is 88.2 Å². The molecule has 7 nitrogen and oxygen atoms in total. The number of methoxy groups -OCH3 is 1. The van der Waals surface area contributed by atoms with Gasteiger partial charge in [0.2, 0.25) is 5.91 Å². The van der Waals surface area contributed by atoms with E-state index in [2.05, 4.69) is 76.3 Å². The summed E-state index contributed by atoms with van der Waals surface area (Å²) in [5.74, 6) is 1.16. The molecule has 12 heteroatoms. The molecule has 4 aromatic rings. The van der Waals surface area contributed by atoms with Crippen LogP contribution in [0.25, 0.3) is 5.69 Å². The van der Waals surface area contributed by atoms with Crippen molar-refractivity contribution in [2.45, 2.75) is 172 Å². The SMILES string of the molecule is CCCCCCCCCCCCCC(=O)Nc1ccc(Cl)c(Nc2[nH]n(-c3c(Cl)cc(Cl)cc3Cl)c(=O)c2Sc2cc(C(C)(C)CCC)c(OC)cc2C(C)(C)CCC)c1. The van der Waals surface area contributed by atoms with Crippen molar-refractivity contribution in [2.75, 3.05) is 17.7 Å². The second-order valence-electron chi connectivity index (χ2n) is 17.2. The molecule has 0 spiro atoms. The third kappa shape index (κ3) is 13.6. The first-order valence-corrected chi connectivity index (χ1v) is 24.2. The van der Waals surface area contributed by atoms with Crippen LogP contribution in [0.15, 0.2) is 57.1 Å². The van der Waals surface area contributed by atoms with Gasteiger partial charge in [0.25, 0.3) is 5.56 Å². The van der Waals surface area contributed by atoms with E-state index in [4.69, 9.17) is 51.1 Å². The predicted molar refractivity (Wildman–Crippen MR) is 259 cm³/mol. The van der Waals surface area contributed by atoms with E-state index in [1.807, 2.05) is 0 Å². The molecule has 0 saturated heterocycles. The molecule has 0 radical (unpaired) electrons. The Kier molecular flexibility index (Phi) is 19.6. The zero-order chi connectivity index (χ0) is 44.0. The van der Waals surface area contributed by atoms with Crippen molar-refractivity contribution >= 4 is 81.3 Å². The van der Waals surface area contributed by atoms with E-state index in [1.54, 1.807) is 37.4 Å². The lowest BCUT2D eigenvalue weighted by atomic mass is 9.76. The normalized spacial score (nSPS) is 11.9. The second kappa shape index (κ2) is 23.6. The first-order chi connectivity index (χ1) is 28.6. The number of amides is 1. The van der Waals surface area contributed by atoms with Crippen LogP contribution in [0.2, 0.25) is 20.1 Å². The number of nitrogens with zero attached hydrogens (tertiary/aromatic N) is 1. The molecular weight excluding hydrogens is 854 g/mol. The van der Waals surface area contributed by atoms with Crippen molar-refractivity contribution in [1.29, 1.82) is 0 Å². The van der Waals surface area contributed by atoms with Crippen molar-refractivity contribution in [1.82, 2.24) is 9.78 Å². The van der Waals surface area contributed by atoms with Gasteiger partial charge in [0.15, 0.2) is 0 Å². The summed E-state index contributed by atoms with van der Waals surface area (Å²) in [6, 6.07) is 12.7. The third-order valence-electron chi connectivity index (χ3n) is 11.3. The first kappa shape index (κ1) is 49.9. The number of hydrogen-bond acceptors (Lipinski definition) is 5. The van der Waals surface area contributed by atoms with Gasteiger partial charge in [-0.1, -0.05) is 184 Å². The molecule has 0 fully saturated rings. The summed E-state index contributed by atoms with van der Waals surface area (Å²) in [6.45, 7) is 15.5. The second-order valence-corrected chi connectivity index (χ2v) is 20.0. The number of anilines is 3. The fourth-order valence-electron chi connectivity index (χ4n) is 8.01. The summed E-state index contributed by atoms with van der Waals surface area (Å²) in [5.41, 5.74) is 2.69. The average Bonchev–Trinajstić information content (AvgIpc) is 3.47. The van der Waals surface area contributed by atoms with E-state index >= 15 is 0 Å². The minimum atomic E-state index is -0.370. The van der Waals surface area contributed by atoms with Crippen LogP contribution in [0.3, 0.4) is 0 Å². The van der Waals surface area contributed by atoms with E-state index in [1.165, 1.54) is 67.8 Å². The highest BCUT2D eigenvalue weighted by Gasteiger charge is 2.32. The monoisotopic (exact) mass is 918 g/mol. The van der Waals surface area contributed by atoms with Crippen LogP contribution in [-0.4, -0.2) is 22.8 Å². The number of carbonyl (C=O) groups is 1. The molecule has 1 aromatic heterocycles. The Hall–Kier alpha value is -2.75. The van der Waals surface area contributed by atoms with Gasteiger partial charge in [-0.3, -0.25) is 14.7 Å². The summed E-state index contributed by atoms with van der Waals surface area (Å²) >= 11 is 27.9. The van der Waals surface area contributed by atoms with E-state index in [-0.39, 0.29) is 38.0 Å². The molecule has 330 valence electrons. The van der Waals surface area contributed by atoms with Gasteiger partial charge >= 0.3 is 0 Å². The molecule has 0 bridgehead atoms. The Balaban J connectivity index is 1.68. The van der Waals surface area contributed by atoms with Gasteiger partial charge in [-0.05, 0) is 78.1 Å². The summed E-state index contributed by atoms with van der Waals surface area (Å²) < 4.78 is 7.39. The molecule has 1 heterocycles. The fourth-order valence-corrected chi connectivity index (χ4v) is 10.4. The molecule has 0 aliphatic rings. The van der Waals surface area contributed by atoms with Gasteiger partial charge in [-0.15, -0.1) is 0 Å². The van der Waals surface area contributed by atoms with Gasteiger partial charge in [0.1, 0.15) is 22.2 Å².